The van der Waals surface area contributed by atoms with Crippen molar-refractivity contribution < 1.29 is 50.9 Å². The van der Waals surface area contributed by atoms with Gasteiger partial charge in [-0.2, -0.15) is 26.3 Å². The molecule has 1 aliphatic carbocycles. The topological polar surface area (TPSA) is 103 Å². The Hall–Kier alpha value is -2.61. The fraction of sp³-hybridized carbons (Fsp3) is 0.667. The third-order valence-corrected chi connectivity index (χ3v) is 5.63. The highest BCUT2D eigenvalue weighted by molar-refractivity contribution is 5.73. The summed E-state index contributed by atoms with van der Waals surface area (Å²) in [5.41, 5.74) is 0.308. The van der Waals surface area contributed by atoms with Gasteiger partial charge in [-0.1, -0.05) is 6.07 Å². The van der Waals surface area contributed by atoms with Crippen LogP contribution in [0.15, 0.2) is 24.4 Å². The van der Waals surface area contributed by atoms with Crippen LogP contribution in [0.4, 0.5) is 32.2 Å². The van der Waals surface area contributed by atoms with Gasteiger partial charge >= 0.3 is 24.3 Å². The van der Waals surface area contributed by atoms with Gasteiger partial charge in [-0.05, 0) is 37.3 Å². The molecule has 1 saturated carbocycles. The molecule has 0 amide bonds. The molecule has 1 spiro atoms. The number of carboxylic acid groups (broad SMARTS) is 2. The van der Waals surface area contributed by atoms with Crippen molar-refractivity contribution >= 4 is 17.8 Å². The molecule has 3 fully saturated rings. The number of alkyl halides is 6. The van der Waals surface area contributed by atoms with Crippen molar-refractivity contribution in [1.82, 2.24) is 9.88 Å². The molecule has 1 aromatic heterocycles. The van der Waals surface area contributed by atoms with Gasteiger partial charge < -0.3 is 24.7 Å². The van der Waals surface area contributed by atoms with Gasteiger partial charge in [0.15, 0.2) is 0 Å². The van der Waals surface area contributed by atoms with Crippen LogP contribution < -0.4 is 4.90 Å². The van der Waals surface area contributed by atoms with Crippen LogP contribution >= 0.6 is 0 Å². The summed E-state index contributed by atoms with van der Waals surface area (Å²) in [5, 5.41) is 14.2. The molecule has 1 aromatic rings. The molecule has 0 bridgehead atoms. The van der Waals surface area contributed by atoms with E-state index in [2.05, 4.69) is 26.9 Å². The van der Waals surface area contributed by atoms with Gasteiger partial charge in [-0.25, -0.2) is 14.6 Å². The van der Waals surface area contributed by atoms with Gasteiger partial charge in [0.05, 0.1) is 13.2 Å². The third-order valence-electron chi connectivity index (χ3n) is 5.63. The Morgan fingerprint density at radius 2 is 1.63 bits per heavy atom. The van der Waals surface area contributed by atoms with E-state index in [1.807, 2.05) is 12.3 Å². The second kappa shape index (κ2) is 11.9. The van der Waals surface area contributed by atoms with Crippen LogP contribution in [0.2, 0.25) is 0 Å². The van der Waals surface area contributed by atoms with E-state index >= 15 is 0 Å². The Morgan fingerprint density at radius 3 is 2.11 bits per heavy atom. The highest BCUT2D eigenvalue weighted by atomic mass is 19.4. The Morgan fingerprint density at radius 1 is 1.03 bits per heavy atom. The first kappa shape index (κ1) is 28.6. The first-order valence-corrected chi connectivity index (χ1v) is 10.8. The molecule has 2 aliphatic heterocycles. The van der Waals surface area contributed by atoms with Gasteiger partial charge in [0.2, 0.25) is 0 Å². The van der Waals surface area contributed by atoms with E-state index in [0.717, 1.165) is 44.6 Å². The van der Waals surface area contributed by atoms with E-state index in [9.17, 15) is 26.3 Å². The lowest BCUT2D eigenvalue weighted by molar-refractivity contribution is -0.193. The van der Waals surface area contributed by atoms with Crippen LogP contribution in [0, 0.1) is 11.3 Å². The zero-order chi connectivity index (χ0) is 26.3. The highest BCUT2D eigenvalue weighted by Crippen LogP contribution is 2.37. The summed E-state index contributed by atoms with van der Waals surface area (Å²) in [7, 11) is 0. The number of rotatable bonds is 3. The van der Waals surface area contributed by atoms with E-state index in [-0.39, 0.29) is 0 Å². The number of hydrogen-bond acceptors (Lipinski definition) is 6. The van der Waals surface area contributed by atoms with Crippen LogP contribution in [0.5, 0.6) is 0 Å². The Balaban J connectivity index is 0.000000257. The summed E-state index contributed by atoms with van der Waals surface area (Å²) < 4.78 is 69.4. The summed E-state index contributed by atoms with van der Waals surface area (Å²) in [6.07, 6.45) is -4.18. The summed E-state index contributed by atoms with van der Waals surface area (Å²) in [6, 6.07) is 6.19. The van der Waals surface area contributed by atoms with Crippen LogP contribution in [0.25, 0.3) is 0 Å². The molecule has 3 heterocycles. The second-order valence-electron chi connectivity index (χ2n) is 8.70. The number of anilines is 1. The average Bonchev–Trinajstić information content (AvgIpc) is 3.52. The largest absolute Gasteiger partial charge is 0.490 e. The number of carbonyl (C=O) groups is 2. The molecule has 8 nitrogen and oxygen atoms in total. The molecule has 198 valence electrons. The van der Waals surface area contributed by atoms with E-state index in [4.69, 9.17) is 24.5 Å². The first-order valence-electron chi connectivity index (χ1n) is 10.8. The number of hydrogen-bond donors (Lipinski definition) is 2. The summed E-state index contributed by atoms with van der Waals surface area (Å²) in [6.45, 7) is 7.61. The molecule has 0 aromatic carbocycles. The number of carboxylic acids is 2. The normalized spacial score (nSPS) is 23.0. The maximum Gasteiger partial charge on any atom is 0.490 e. The van der Waals surface area contributed by atoms with Crippen molar-refractivity contribution in [3.05, 3.63) is 24.4 Å². The summed E-state index contributed by atoms with van der Waals surface area (Å²) >= 11 is 0. The molecule has 0 radical (unpaired) electrons. The molecule has 2 saturated heterocycles. The number of pyridine rings is 1. The van der Waals surface area contributed by atoms with Gasteiger partial charge in [0.1, 0.15) is 5.82 Å². The SMILES string of the molecule is O=C(O)C(F)(F)F.O=C(O)C(F)(F)F.c1ccc(N2CCC3(COCCN(CC4CC4)C3)C2)nc1. The van der Waals surface area contributed by atoms with Crippen molar-refractivity contribution in [3.8, 4) is 0 Å². The van der Waals surface area contributed by atoms with E-state index in [0.29, 0.717) is 5.41 Å². The average molecular weight is 515 g/mol. The lowest BCUT2D eigenvalue weighted by atomic mass is 9.87. The minimum absolute atomic E-state index is 0.308. The fourth-order valence-corrected chi connectivity index (χ4v) is 3.82. The Bertz CT molecular complexity index is 811. The minimum atomic E-state index is -5.08. The Labute approximate surface area is 197 Å². The van der Waals surface area contributed by atoms with Gasteiger partial charge in [-0.3, -0.25) is 0 Å². The smallest absolute Gasteiger partial charge is 0.475 e. The van der Waals surface area contributed by atoms with Crippen molar-refractivity contribution in [2.45, 2.75) is 31.6 Å². The van der Waals surface area contributed by atoms with Gasteiger partial charge in [-0.15, -0.1) is 0 Å². The molecule has 3 aliphatic rings. The van der Waals surface area contributed by atoms with Crippen molar-refractivity contribution in [3.63, 3.8) is 0 Å². The number of nitrogens with zero attached hydrogens (tertiary/aromatic N) is 3. The van der Waals surface area contributed by atoms with E-state index in [1.165, 1.54) is 32.4 Å². The molecule has 14 heteroatoms. The molecule has 1 atom stereocenters. The first-order chi connectivity index (χ1) is 16.2. The summed E-state index contributed by atoms with van der Waals surface area (Å²) in [5.74, 6) is -3.43. The number of ether oxygens (including phenoxy) is 1. The minimum Gasteiger partial charge on any atom is -0.475 e. The molecular formula is C21H27F6N3O5. The summed E-state index contributed by atoms with van der Waals surface area (Å²) in [4.78, 5) is 27.4. The predicted octanol–water partition coefficient (Wildman–Crippen LogP) is 3.29. The lowest BCUT2D eigenvalue weighted by Crippen LogP contribution is -2.41. The number of halogens is 6. The second-order valence-corrected chi connectivity index (χ2v) is 8.70. The molecular weight excluding hydrogens is 488 g/mol. The third kappa shape index (κ3) is 9.88. The van der Waals surface area contributed by atoms with Crippen LogP contribution in [0.1, 0.15) is 19.3 Å². The highest BCUT2D eigenvalue weighted by Gasteiger charge is 2.42. The van der Waals surface area contributed by atoms with Crippen molar-refractivity contribution in [2.24, 2.45) is 11.3 Å². The van der Waals surface area contributed by atoms with E-state index in [1.54, 1.807) is 0 Å². The fourth-order valence-electron chi connectivity index (χ4n) is 3.82. The quantitative estimate of drug-likeness (QED) is 0.592. The van der Waals surface area contributed by atoms with Crippen LogP contribution in [-0.2, 0) is 14.3 Å². The predicted molar refractivity (Wildman–Crippen MR) is 111 cm³/mol. The van der Waals surface area contributed by atoms with Gasteiger partial charge in [0.25, 0.3) is 0 Å². The molecule has 2 N–H and O–H groups in total. The van der Waals surface area contributed by atoms with E-state index < -0.39 is 24.3 Å². The monoisotopic (exact) mass is 515 g/mol. The maximum atomic E-state index is 10.6. The Kier molecular flexibility index (Phi) is 9.72. The molecule has 1 unspecified atom stereocenters. The molecule has 35 heavy (non-hydrogen) atoms. The zero-order valence-electron chi connectivity index (χ0n) is 18.7. The molecule has 4 rings (SSSR count). The lowest BCUT2D eigenvalue weighted by Gasteiger charge is -2.32. The van der Waals surface area contributed by atoms with Gasteiger partial charge in [0, 0.05) is 44.3 Å². The van der Waals surface area contributed by atoms with Crippen molar-refractivity contribution in [1.29, 1.82) is 0 Å². The number of aromatic nitrogens is 1. The maximum absolute atomic E-state index is 10.6. The standard InChI is InChI=1S/C17H25N3O.2C2HF3O2/c1-2-7-18-16(3-1)20-8-6-17(13-20)12-19(9-10-21-14-17)11-15-4-5-15;2*3-2(4,5)1(6)7/h1-3,7,15H,4-6,8-14H2;2*(H,6,7). The zero-order valence-corrected chi connectivity index (χ0v) is 18.7. The van der Waals surface area contributed by atoms with Crippen molar-refractivity contribution in [2.75, 3.05) is 50.8 Å². The van der Waals surface area contributed by atoms with Crippen LogP contribution in [-0.4, -0.2) is 90.3 Å². The number of aliphatic carboxylic acids is 2. The van der Waals surface area contributed by atoms with Crippen LogP contribution in [0.3, 0.4) is 0 Å².